The Morgan fingerprint density at radius 1 is 1.53 bits per heavy atom. The molecule has 8 heteroatoms. The Morgan fingerprint density at radius 2 is 2.32 bits per heavy atom. The van der Waals surface area contributed by atoms with Gasteiger partial charge in [0.05, 0.1) is 16.0 Å². The standard InChI is InChI=1S/C11H11ClN4O3/c1-2-15-11(13-7-14-15)6-19-10-5-8(16(17)18)3-4-9(10)12/h3-5,7H,2,6H2,1H3. The number of ether oxygens (including phenoxy) is 1. The molecule has 19 heavy (non-hydrogen) atoms. The first-order chi connectivity index (χ1) is 9.11. The molecular weight excluding hydrogens is 272 g/mol. The van der Waals surface area contributed by atoms with Gasteiger partial charge < -0.3 is 4.74 Å². The van der Waals surface area contributed by atoms with E-state index in [0.717, 1.165) is 0 Å². The highest BCUT2D eigenvalue weighted by Gasteiger charge is 2.12. The molecule has 0 bridgehead atoms. The molecule has 0 fully saturated rings. The number of hydrogen-bond acceptors (Lipinski definition) is 5. The molecule has 0 N–H and O–H groups in total. The third-order valence-corrected chi connectivity index (χ3v) is 2.79. The third-order valence-electron chi connectivity index (χ3n) is 2.48. The molecule has 2 aromatic rings. The molecule has 0 aliphatic heterocycles. The van der Waals surface area contributed by atoms with Gasteiger partial charge in [-0.25, -0.2) is 9.67 Å². The van der Waals surface area contributed by atoms with Gasteiger partial charge in [-0.3, -0.25) is 10.1 Å². The van der Waals surface area contributed by atoms with Crippen LogP contribution in [0.25, 0.3) is 0 Å². The highest BCUT2D eigenvalue weighted by molar-refractivity contribution is 6.32. The molecule has 0 saturated heterocycles. The zero-order chi connectivity index (χ0) is 13.8. The molecule has 100 valence electrons. The van der Waals surface area contributed by atoms with Crippen LogP contribution in [0.5, 0.6) is 5.75 Å². The van der Waals surface area contributed by atoms with E-state index in [-0.39, 0.29) is 18.0 Å². The molecule has 1 aromatic carbocycles. The molecule has 0 saturated carbocycles. The van der Waals surface area contributed by atoms with Crippen LogP contribution in [-0.2, 0) is 13.2 Å². The van der Waals surface area contributed by atoms with Crippen molar-refractivity contribution in [2.24, 2.45) is 0 Å². The Kier molecular flexibility index (Phi) is 3.96. The van der Waals surface area contributed by atoms with Crippen molar-refractivity contribution < 1.29 is 9.66 Å². The Bertz CT molecular complexity index is 599. The topological polar surface area (TPSA) is 83.1 Å². The van der Waals surface area contributed by atoms with Crippen molar-refractivity contribution in [3.63, 3.8) is 0 Å². The van der Waals surface area contributed by atoms with Gasteiger partial charge in [0, 0.05) is 12.6 Å². The normalized spacial score (nSPS) is 10.4. The number of rotatable bonds is 5. The summed E-state index contributed by atoms with van der Waals surface area (Å²) in [5.74, 6) is 0.881. The summed E-state index contributed by atoms with van der Waals surface area (Å²) in [7, 11) is 0. The lowest BCUT2D eigenvalue weighted by Crippen LogP contribution is -2.07. The van der Waals surface area contributed by atoms with Crippen molar-refractivity contribution in [2.45, 2.75) is 20.1 Å². The number of aryl methyl sites for hydroxylation is 1. The average molecular weight is 283 g/mol. The first-order valence-corrected chi connectivity index (χ1v) is 5.93. The summed E-state index contributed by atoms with van der Waals surface area (Å²) in [6.45, 7) is 2.74. The maximum absolute atomic E-state index is 10.7. The highest BCUT2D eigenvalue weighted by atomic mass is 35.5. The van der Waals surface area contributed by atoms with Gasteiger partial charge in [-0.2, -0.15) is 5.10 Å². The largest absolute Gasteiger partial charge is 0.484 e. The predicted octanol–water partition coefficient (Wildman–Crippen LogP) is 2.44. The monoisotopic (exact) mass is 282 g/mol. The van der Waals surface area contributed by atoms with E-state index in [2.05, 4.69) is 10.1 Å². The minimum absolute atomic E-state index is 0.0728. The zero-order valence-electron chi connectivity index (χ0n) is 10.1. The van der Waals surface area contributed by atoms with Crippen LogP contribution in [0.1, 0.15) is 12.7 Å². The predicted molar refractivity (Wildman–Crippen MR) is 68.1 cm³/mol. The smallest absolute Gasteiger partial charge is 0.273 e. The van der Waals surface area contributed by atoms with E-state index in [9.17, 15) is 10.1 Å². The molecule has 0 amide bonds. The van der Waals surface area contributed by atoms with Gasteiger partial charge in [-0.15, -0.1) is 0 Å². The maximum Gasteiger partial charge on any atom is 0.273 e. The molecule has 0 radical (unpaired) electrons. The lowest BCUT2D eigenvalue weighted by molar-refractivity contribution is -0.384. The fraction of sp³-hybridized carbons (Fsp3) is 0.273. The zero-order valence-corrected chi connectivity index (χ0v) is 10.9. The Hall–Kier alpha value is -2.15. The lowest BCUT2D eigenvalue weighted by atomic mass is 10.3. The Balaban J connectivity index is 2.15. The molecule has 7 nitrogen and oxygen atoms in total. The number of halogens is 1. The number of hydrogen-bond donors (Lipinski definition) is 0. The second kappa shape index (κ2) is 5.66. The van der Waals surface area contributed by atoms with E-state index in [1.807, 2.05) is 6.92 Å². The molecular formula is C11H11ClN4O3. The van der Waals surface area contributed by atoms with Crippen molar-refractivity contribution in [3.05, 3.63) is 45.5 Å². The summed E-state index contributed by atoms with van der Waals surface area (Å²) in [6.07, 6.45) is 1.43. The van der Waals surface area contributed by atoms with Crippen molar-refractivity contribution in [1.82, 2.24) is 14.8 Å². The van der Waals surface area contributed by atoms with Crippen LogP contribution in [0, 0.1) is 10.1 Å². The lowest BCUT2D eigenvalue weighted by Gasteiger charge is -2.07. The summed E-state index contributed by atoms with van der Waals surface area (Å²) >= 11 is 5.92. The summed E-state index contributed by atoms with van der Waals surface area (Å²) < 4.78 is 7.13. The van der Waals surface area contributed by atoms with Crippen molar-refractivity contribution in [2.75, 3.05) is 0 Å². The minimum atomic E-state index is -0.502. The second-order valence-electron chi connectivity index (χ2n) is 3.65. The number of nitro groups is 1. The highest BCUT2D eigenvalue weighted by Crippen LogP contribution is 2.29. The quantitative estimate of drug-likeness (QED) is 0.621. The van der Waals surface area contributed by atoms with Gasteiger partial charge in [0.15, 0.2) is 5.82 Å². The van der Waals surface area contributed by atoms with E-state index in [1.165, 1.54) is 24.5 Å². The second-order valence-corrected chi connectivity index (χ2v) is 4.06. The van der Waals surface area contributed by atoms with Crippen LogP contribution in [0.3, 0.4) is 0 Å². The van der Waals surface area contributed by atoms with Crippen molar-refractivity contribution in [3.8, 4) is 5.75 Å². The number of non-ortho nitro benzene ring substituents is 1. The van der Waals surface area contributed by atoms with Crippen molar-refractivity contribution in [1.29, 1.82) is 0 Å². The van der Waals surface area contributed by atoms with Crippen LogP contribution in [0.2, 0.25) is 5.02 Å². The molecule has 0 aliphatic carbocycles. The molecule has 0 spiro atoms. The number of aromatic nitrogens is 3. The molecule has 0 atom stereocenters. The first-order valence-electron chi connectivity index (χ1n) is 5.55. The van der Waals surface area contributed by atoms with E-state index in [4.69, 9.17) is 16.3 Å². The molecule has 2 rings (SSSR count). The van der Waals surface area contributed by atoms with Crippen LogP contribution >= 0.6 is 11.6 Å². The van der Waals surface area contributed by atoms with Crippen LogP contribution < -0.4 is 4.74 Å². The maximum atomic E-state index is 10.7. The average Bonchev–Trinajstić information content (AvgIpc) is 2.85. The number of nitro benzene ring substituents is 1. The summed E-state index contributed by atoms with van der Waals surface area (Å²) in [6, 6.07) is 4.04. The first kappa shape index (κ1) is 13.3. The minimum Gasteiger partial charge on any atom is -0.484 e. The van der Waals surface area contributed by atoms with Gasteiger partial charge in [0.1, 0.15) is 18.7 Å². The molecule has 1 aromatic heterocycles. The van der Waals surface area contributed by atoms with E-state index in [1.54, 1.807) is 4.68 Å². The van der Waals surface area contributed by atoms with Crippen molar-refractivity contribution >= 4 is 17.3 Å². The van der Waals surface area contributed by atoms with Crippen LogP contribution in [-0.4, -0.2) is 19.7 Å². The van der Waals surface area contributed by atoms with Gasteiger partial charge in [-0.1, -0.05) is 11.6 Å². The van der Waals surface area contributed by atoms with E-state index >= 15 is 0 Å². The van der Waals surface area contributed by atoms with Crippen LogP contribution in [0.15, 0.2) is 24.5 Å². The fourth-order valence-corrected chi connectivity index (χ4v) is 1.69. The number of benzene rings is 1. The van der Waals surface area contributed by atoms with E-state index < -0.39 is 4.92 Å². The van der Waals surface area contributed by atoms with Gasteiger partial charge >= 0.3 is 0 Å². The fourth-order valence-electron chi connectivity index (χ4n) is 1.52. The summed E-state index contributed by atoms with van der Waals surface area (Å²) in [5, 5.41) is 15.0. The molecule has 0 unspecified atom stereocenters. The van der Waals surface area contributed by atoms with Crippen LogP contribution in [0.4, 0.5) is 5.69 Å². The molecule has 1 heterocycles. The Morgan fingerprint density at radius 3 is 3.00 bits per heavy atom. The summed E-state index contributed by atoms with van der Waals surface area (Å²) in [4.78, 5) is 14.2. The molecule has 0 aliphatic rings. The third kappa shape index (κ3) is 3.00. The van der Waals surface area contributed by atoms with Gasteiger partial charge in [0.25, 0.3) is 5.69 Å². The number of nitrogens with zero attached hydrogens (tertiary/aromatic N) is 4. The van der Waals surface area contributed by atoms with E-state index in [0.29, 0.717) is 17.4 Å². The Labute approximate surface area is 113 Å². The van der Waals surface area contributed by atoms with Gasteiger partial charge in [-0.05, 0) is 13.0 Å². The SMILES string of the molecule is CCn1ncnc1COc1cc([N+](=O)[O-])ccc1Cl. The van der Waals surface area contributed by atoms with Gasteiger partial charge in [0.2, 0.25) is 0 Å². The summed E-state index contributed by atoms with van der Waals surface area (Å²) in [5.41, 5.74) is -0.0728.